The van der Waals surface area contributed by atoms with Gasteiger partial charge in [-0.15, -0.1) is 0 Å². The molecule has 5 nitrogen and oxygen atoms in total. The van der Waals surface area contributed by atoms with E-state index >= 15 is 0 Å². The quantitative estimate of drug-likeness (QED) is 0.746. The van der Waals surface area contributed by atoms with E-state index in [9.17, 15) is 4.79 Å². The molecule has 0 saturated heterocycles. The lowest BCUT2D eigenvalue weighted by Gasteiger charge is -2.09. The van der Waals surface area contributed by atoms with Gasteiger partial charge >= 0.3 is 6.09 Å². The monoisotopic (exact) mass is 278 g/mol. The zero-order chi connectivity index (χ0) is 13.8. The highest BCUT2D eigenvalue weighted by Gasteiger charge is 2.05. The van der Waals surface area contributed by atoms with Crippen molar-refractivity contribution < 1.29 is 14.6 Å². The molecule has 0 spiro atoms. The molecule has 98 valence electrons. The van der Waals surface area contributed by atoms with Crippen LogP contribution in [-0.2, 0) is 0 Å². The second kappa shape index (κ2) is 5.49. The number of nitrogens with two attached hydrogens (primary N) is 1. The summed E-state index contributed by atoms with van der Waals surface area (Å²) in [5.74, 6) is 0.918. The van der Waals surface area contributed by atoms with Crippen LogP contribution in [0.4, 0.5) is 16.2 Å². The van der Waals surface area contributed by atoms with Gasteiger partial charge in [0.05, 0.1) is 5.02 Å². The Morgan fingerprint density at radius 2 is 2.05 bits per heavy atom. The van der Waals surface area contributed by atoms with Crippen LogP contribution in [0.15, 0.2) is 42.5 Å². The minimum atomic E-state index is -1.14. The fraction of sp³-hybridized carbons (Fsp3) is 0. The van der Waals surface area contributed by atoms with Gasteiger partial charge in [-0.2, -0.15) is 0 Å². The van der Waals surface area contributed by atoms with E-state index in [0.29, 0.717) is 27.9 Å². The standard InChI is InChI=1S/C13H11ClN2O3/c14-11-6-8(15)4-5-12(11)19-10-3-1-2-9(7-10)16-13(17)18/h1-7,16H,15H2,(H,17,18). The summed E-state index contributed by atoms with van der Waals surface area (Å²) in [5.41, 5.74) is 6.54. The van der Waals surface area contributed by atoms with Gasteiger partial charge in [-0.25, -0.2) is 4.79 Å². The van der Waals surface area contributed by atoms with Crippen molar-refractivity contribution in [2.75, 3.05) is 11.1 Å². The highest BCUT2D eigenvalue weighted by molar-refractivity contribution is 6.32. The van der Waals surface area contributed by atoms with Crippen LogP contribution in [-0.4, -0.2) is 11.2 Å². The summed E-state index contributed by atoms with van der Waals surface area (Å²) in [5, 5.41) is 11.3. The van der Waals surface area contributed by atoms with E-state index in [4.69, 9.17) is 27.2 Å². The molecule has 0 aliphatic heterocycles. The van der Waals surface area contributed by atoms with E-state index in [1.807, 2.05) is 0 Å². The molecule has 0 aromatic heterocycles. The molecule has 2 aromatic carbocycles. The zero-order valence-corrected chi connectivity index (χ0v) is 10.5. The fourth-order valence-electron chi connectivity index (χ4n) is 1.49. The molecule has 0 aliphatic carbocycles. The van der Waals surface area contributed by atoms with E-state index in [2.05, 4.69) is 5.32 Å². The first-order valence-corrected chi connectivity index (χ1v) is 5.75. The van der Waals surface area contributed by atoms with Crippen molar-refractivity contribution in [3.63, 3.8) is 0 Å². The van der Waals surface area contributed by atoms with Crippen LogP contribution in [0, 0.1) is 0 Å². The molecule has 0 radical (unpaired) electrons. The molecule has 2 rings (SSSR count). The highest BCUT2D eigenvalue weighted by atomic mass is 35.5. The Morgan fingerprint density at radius 1 is 1.26 bits per heavy atom. The number of benzene rings is 2. The van der Waals surface area contributed by atoms with Crippen molar-refractivity contribution in [1.29, 1.82) is 0 Å². The first kappa shape index (κ1) is 13.0. The Balaban J connectivity index is 2.21. The zero-order valence-electron chi connectivity index (χ0n) is 9.76. The Morgan fingerprint density at radius 3 is 2.74 bits per heavy atom. The molecular formula is C13H11ClN2O3. The normalized spacial score (nSPS) is 9.95. The third-order valence-corrected chi connectivity index (χ3v) is 2.56. The van der Waals surface area contributed by atoms with Crippen molar-refractivity contribution in [2.24, 2.45) is 0 Å². The summed E-state index contributed by atoms with van der Waals surface area (Å²) >= 11 is 5.99. The molecule has 4 N–H and O–H groups in total. The third-order valence-electron chi connectivity index (χ3n) is 2.27. The van der Waals surface area contributed by atoms with Crippen LogP contribution in [0.1, 0.15) is 0 Å². The molecule has 0 heterocycles. The second-order valence-corrected chi connectivity index (χ2v) is 4.16. The fourth-order valence-corrected chi connectivity index (χ4v) is 1.72. The maximum absolute atomic E-state index is 10.5. The molecule has 0 fully saturated rings. The molecule has 2 aromatic rings. The first-order valence-electron chi connectivity index (χ1n) is 5.37. The van der Waals surface area contributed by atoms with Crippen molar-refractivity contribution in [3.8, 4) is 11.5 Å². The molecule has 0 atom stereocenters. The van der Waals surface area contributed by atoms with Crippen LogP contribution in [0.2, 0.25) is 5.02 Å². The summed E-state index contributed by atoms with van der Waals surface area (Å²) in [6.45, 7) is 0. The predicted molar refractivity (Wildman–Crippen MR) is 74.0 cm³/mol. The minimum absolute atomic E-state index is 0.386. The van der Waals surface area contributed by atoms with Crippen molar-refractivity contribution in [2.45, 2.75) is 0 Å². The lowest BCUT2D eigenvalue weighted by molar-refractivity contribution is 0.210. The molecular weight excluding hydrogens is 268 g/mol. The Hall–Kier alpha value is -2.40. The van der Waals surface area contributed by atoms with Crippen LogP contribution in [0.25, 0.3) is 0 Å². The molecule has 6 heteroatoms. The van der Waals surface area contributed by atoms with Gasteiger partial charge in [-0.3, -0.25) is 5.32 Å². The summed E-state index contributed by atoms with van der Waals surface area (Å²) in [6.07, 6.45) is -1.14. The van der Waals surface area contributed by atoms with Crippen LogP contribution in [0.3, 0.4) is 0 Å². The number of halogens is 1. The SMILES string of the molecule is Nc1ccc(Oc2cccc(NC(=O)O)c2)c(Cl)c1. The van der Waals surface area contributed by atoms with E-state index in [1.54, 1.807) is 42.5 Å². The lowest BCUT2D eigenvalue weighted by atomic mass is 10.3. The molecule has 1 amide bonds. The molecule has 19 heavy (non-hydrogen) atoms. The molecule has 0 saturated carbocycles. The lowest BCUT2D eigenvalue weighted by Crippen LogP contribution is -2.06. The highest BCUT2D eigenvalue weighted by Crippen LogP contribution is 2.31. The summed E-state index contributed by atoms with van der Waals surface area (Å²) in [7, 11) is 0. The van der Waals surface area contributed by atoms with E-state index in [-0.39, 0.29) is 0 Å². The maximum Gasteiger partial charge on any atom is 0.409 e. The average Bonchev–Trinajstić information content (AvgIpc) is 2.32. The Labute approximate surface area is 114 Å². The first-order chi connectivity index (χ1) is 9.04. The number of nitrogen functional groups attached to an aromatic ring is 1. The number of amides is 1. The van der Waals surface area contributed by atoms with Gasteiger partial charge in [0.25, 0.3) is 0 Å². The van der Waals surface area contributed by atoms with Gasteiger partial charge in [0, 0.05) is 17.4 Å². The number of anilines is 2. The summed E-state index contributed by atoms with van der Waals surface area (Å²) < 4.78 is 5.57. The van der Waals surface area contributed by atoms with Crippen molar-refractivity contribution in [3.05, 3.63) is 47.5 Å². The molecule has 0 unspecified atom stereocenters. The van der Waals surface area contributed by atoms with Crippen LogP contribution in [0.5, 0.6) is 11.5 Å². The number of ether oxygens (including phenoxy) is 1. The molecule has 0 bridgehead atoms. The van der Waals surface area contributed by atoms with Gasteiger partial charge in [0.2, 0.25) is 0 Å². The van der Waals surface area contributed by atoms with Crippen LogP contribution < -0.4 is 15.8 Å². The summed E-state index contributed by atoms with van der Waals surface area (Å²) in [6, 6.07) is 11.4. The topological polar surface area (TPSA) is 84.6 Å². The van der Waals surface area contributed by atoms with Gasteiger partial charge in [0.1, 0.15) is 11.5 Å². The molecule has 0 aliphatic rings. The van der Waals surface area contributed by atoms with Crippen molar-refractivity contribution >= 4 is 29.1 Å². The van der Waals surface area contributed by atoms with Gasteiger partial charge in [0.15, 0.2) is 0 Å². The van der Waals surface area contributed by atoms with Crippen LogP contribution >= 0.6 is 11.6 Å². The minimum Gasteiger partial charge on any atom is -0.465 e. The predicted octanol–water partition coefficient (Wildman–Crippen LogP) is 3.80. The average molecular weight is 279 g/mol. The third kappa shape index (κ3) is 3.53. The number of hydrogen-bond acceptors (Lipinski definition) is 3. The number of hydrogen-bond donors (Lipinski definition) is 3. The summed E-state index contributed by atoms with van der Waals surface area (Å²) in [4.78, 5) is 10.5. The number of carboxylic acid groups (broad SMARTS) is 1. The van der Waals surface area contributed by atoms with Gasteiger partial charge in [-0.1, -0.05) is 17.7 Å². The van der Waals surface area contributed by atoms with Gasteiger partial charge < -0.3 is 15.6 Å². The number of carbonyl (C=O) groups is 1. The van der Waals surface area contributed by atoms with Crippen molar-refractivity contribution in [1.82, 2.24) is 0 Å². The Bertz CT molecular complexity index is 617. The smallest absolute Gasteiger partial charge is 0.409 e. The van der Waals surface area contributed by atoms with E-state index in [1.165, 1.54) is 0 Å². The Kier molecular flexibility index (Phi) is 3.77. The largest absolute Gasteiger partial charge is 0.465 e. The van der Waals surface area contributed by atoms with Gasteiger partial charge in [-0.05, 0) is 30.3 Å². The maximum atomic E-state index is 10.5. The number of nitrogens with one attached hydrogen (secondary N) is 1. The second-order valence-electron chi connectivity index (χ2n) is 3.75. The number of rotatable bonds is 3. The van der Waals surface area contributed by atoms with E-state index in [0.717, 1.165) is 0 Å². The van der Waals surface area contributed by atoms with E-state index < -0.39 is 6.09 Å².